The third-order valence-corrected chi connectivity index (χ3v) is 8.42. The normalized spacial score (nSPS) is 21.4. The molecule has 3 aliphatic rings. The number of hydrogen-bond donors (Lipinski definition) is 1. The first-order valence-corrected chi connectivity index (χ1v) is 13.9. The number of benzene rings is 1. The van der Waals surface area contributed by atoms with Crippen LogP contribution in [0.2, 0.25) is 0 Å². The molecular formula is C29H34N8O3. The van der Waals surface area contributed by atoms with Crippen LogP contribution >= 0.6 is 0 Å². The fourth-order valence-corrected chi connectivity index (χ4v) is 6.22. The zero-order valence-corrected chi connectivity index (χ0v) is 22.7. The van der Waals surface area contributed by atoms with Crippen molar-refractivity contribution in [1.29, 1.82) is 5.26 Å². The number of amides is 1. The summed E-state index contributed by atoms with van der Waals surface area (Å²) in [6.07, 6.45) is 3.98. The third-order valence-electron chi connectivity index (χ3n) is 8.42. The quantitative estimate of drug-likeness (QED) is 0.497. The summed E-state index contributed by atoms with van der Waals surface area (Å²) in [6.45, 7) is 4.22. The van der Waals surface area contributed by atoms with E-state index in [0.29, 0.717) is 44.8 Å². The number of nitriles is 1. The minimum absolute atomic E-state index is 0.135. The van der Waals surface area contributed by atoms with Crippen molar-refractivity contribution in [3.05, 3.63) is 47.8 Å². The second kappa shape index (κ2) is 11.1. The fourth-order valence-electron chi connectivity index (χ4n) is 6.22. The Kier molecular flexibility index (Phi) is 7.26. The fraction of sp³-hybridized carbons (Fsp3) is 0.483. The molecule has 5 heterocycles. The molecule has 40 heavy (non-hydrogen) atoms. The van der Waals surface area contributed by atoms with Gasteiger partial charge in [0.05, 0.1) is 36.3 Å². The van der Waals surface area contributed by atoms with Crippen LogP contribution in [0.5, 0.6) is 6.01 Å². The Morgan fingerprint density at radius 2 is 2.00 bits per heavy atom. The lowest BCUT2D eigenvalue weighted by Gasteiger charge is -2.41. The number of pyridine rings is 1. The molecule has 2 unspecified atom stereocenters. The molecular weight excluding hydrogens is 508 g/mol. The van der Waals surface area contributed by atoms with Crippen LogP contribution in [0.3, 0.4) is 0 Å². The zero-order chi connectivity index (χ0) is 27.6. The van der Waals surface area contributed by atoms with E-state index in [2.05, 4.69) is 44.9 Å². The number of fused-ring (bicyclic) bond motifs is 2. The maximum atomic E-state index is 11.8. The maximum absolute atomic E-state index is 11.8. The van der Waals surface area contributed by atoms with Gasteiger partial charge in [-0.2, -0.15) is 15.2 Å². The van der Waals surface area contributed by atoms with Crippen LogP contribution in [0.25, 0.3) is 10.9 Å². The number of hydrogen-bond acceptors (Lipinski definition) is 9. The highest BCUT2D eigenvalue weighted by atomic mass is 16.5. The first-order valence-electron chi connectivity index (χ1n) is 13.9. The first-order chi connectivity index (χ1) is 19.5. The molecule has 2 aromatic heterocycles. The second-order valence-electron chi connectivity index (χ2n) is 10.8. The number of likely N-dealkylation sites (tertiary alicyclic amines) is 1. The Morgan fingerprint density at radius 1 is 1.12 bits per heavy atom. The van der Waals surface area contributed by atoms with Crippen LogP contribution in [0.4, 0.5) is 16.3 Å². The molecule has 2 saturated heterocycles. The Hall–Kier alpha value is -4.17. The van der Waals surface area contributed by atoms with Gasteiger partial charge in [0.1, 0.15) is 12.4 Å². The van der Waals surface area contributed by atoms with Gasteiger partial charge < -0.3 is 29.4 Å². The minimum Gasteiger partial charge on any atom is -0.465 e. The molecule has 0 saturated carbocycles. The predicted molar refractivity (Wildman–Crippen MR) is 151 cm³/mol. The molecule has 0 radical (unpaired) electrons. The van der Waals surface area contributed by atoms with Crippen molar-refractivity contribution >= 4 is 28.5 Å². The van der Waals surface area contributed by atoms with Crippen LogP contribution in [-0.2, 0) is 13.0 Å². The van der Waals surface area contributed by atoms with Gasteiger partial charge in [-0.1, -0.05) is 18.2 Å². The van der Waals surface area contributed by atoms with Gasteiger partial charge in [-0.15, -0.1) is 0 Å². The summed E-state index contributed by atoms with van der Waals surface area (Å²) in [5.74, 6) is 0.798. The minimum atomic E-state index is -0.991. The summed E-state index contributed by atoms with van der Waals surface area (Å²) >= 11 is 0. The van der Waals surface area contributed by atoms with Gasteiger partial charge in [0, 0.05) is 55.1 Å². The summed E-state index contributed by atoms with van der Waals surface area (Å²) in [5, 5.41) is 20.2. The molecule has 1 amide bonds. The topological polar surface area (TPSA) is 122 Å². The van der Waals surface area contributed by atoms with Crippen molar-refractivity contribution < 1.29 is 14.6 Å². The number of ether oxygens (including phenoxy) is 1. The van der Waals surface area contributed by atoms with Crippen molar-refractivity contribution in [3.8, 4) is 12.1 Å². The Morgan fingerprint density at radius 3 is 2.80 bits per heavy atom. The Balaban J connectivity index is 1.33. The molecule has 208 valence electrons. The highest BCUT2D eigenvalue weighted by molar-refractivity contribution is 5.91. The predicted octanol–water partition coefficient (Wildman–Crippen LogP) is 3.14. The van der Waals surface area contributed by atoms with Crippen LogP contribution in [0, 0.1) is 11.3 Å². The average molecular weight is 543 g/mol. The lowest BCUT2D eigenvalue weighted by Crippen LogP contribution is -2.55. The van der Waals surface area contributed by atoms with Crippen molar-refractivity contribution in [2.45, 2.75) is 44.3 Å². The maximum Gasteiger partial charge on any atom is 0.407 e. The average Bonchev–Trinajstić information content (AvgIpc) is 3.39. The van der Waals surface area contributed by atoms with Gasteiger partial charge in [0.15, 0.2) is 0 Å². The molecule has 11 nitrogen and oxygen atoms in total. The lowest BCUT2D eigenvalue weighted by atomic mass is 10.0. The van der Waals surface area contributed by atoms with Gasteiger partial charge in [-0.3, -0.25) is 4.98 Å². The van der Waals surface area contributed by atoms with Crippen LogP contribution in [-0.4, -0.2) is 94.4 Å². The molecule has 3 aromatic rings. The van der Waals surface area contributed by atoms with E-state index in [4.69, 9.17) is 14.7 Å². The summed E-state index contributed by atoms with van der Waals surface area (Å²) in [5.41, 5.74) is 4.07. The SMILES string of the molecule is CN1CCCC1COc1nc2c(c(N3CCN(C(=O)O)C(CC#N)C3)n1)CCN(c1ccnc3ccccc13)C2. The third kappa shape index (κ3) is 5.07. The highest BCUT2D eigenvalue weighted by Gasteiger charge is 2.34. The van der Waals surface area contributed by atoms with E-state index in [1.165, 1.54) is 4.90 Å². The second-order valence-corrected chi connectivity index (χ2v) is 10.8. The standard InChI is InChI=1S/C29H34N8O3/c1-34-13-4-5-21(34)19-40-28-32-25-18-35(26-9-12-31-24-7-3-2-6-22(24)26)14-10-23(25)27(33-28)36-15-16-37(29(38)39)20(17-36)8-11-30/h2-3,6-7,9,12,20-21H,4-5,8,10,13-19H2,1H3,(H,38,39). The number of nitrogens with zero attached hydrogens (tertiary/aromatic N) is 8. The van der Waals surface area contributed by atoms with E-state index in [9.17, 15) is 15.2 Å². The first kappa shape index (κ1) is 26.1. The van der Waals surface area contributed by atoms with Crippen molar-refractivity contribution in [2.24, 2.45) is 0 Å². The van der Waals surface area contributed by atoms with Gasteiger partial charge in [0.2, 0.25) is 0 Å². The molecule has 0 bridgehead atoms. The number of carboxylic acid groups (broad SMARTS) is 1. The number of likely N-dealkylation sites (N-methyl/N-ethyl adjacent to an activating group) is 1. The van der Waals surface area contributed by atoms with Gasteiger partial charge in [-0.05, 0) is 45.0 Å². The number of anilines is 2. The number of piperazine rings is 1. The Bertz CT molecular complexity index is 1440. The van der Waals surface area contributed by atoms with Gasteiger partial charge >= 0.3 is 12.1 Å². The Labute approximate surface area is 233 Å². The van der Waals surface area contributed by atoms with E-state index < -0.39 is 12.1 Å². The van der Waals surface area contributed by atoms with Crippen LogP contribution < -0.4 is 14.5 Å². The molecule has 3 aliphatic heterocycles. The molecule has 1 N–H and O–H groups in total. The van der Waals surface area contributed by atoms with Crippen molar-refractivity contribution in [3.63, 3.8) is 0 Å². The molecule has 1 aromatic carbocycles. The van der Waals surface area contributed by atoms with Gasteiger partial charge in [0.25, 0.3) is 0 Å². The number of para-hydroxylation sites is 1. The zero-order valence-electron chi connectivity index (χ0n) is 22.7. The molecule has 0 spiro atoms. The smallest absolute Gasteiger partial charge is 0.407 e. The summed E-state index contributed by atoms with van der Waals surface area (Å²) in [7, 11) is 2.12. The van der Waals surface area contributed by atoms with Crippen LogP contribution in [0.15, 0.2) is 36.5 Å². The number of carbonyl (C=O) groups is 1. The van der Waals surface area contributed by atoms with E-state index >= 15 is 0 Å². The largest absolute Gasteiger partial charge is 0.465 e. The van der Waals surface area contributed by atoms with Crippen molar-refractivity contribution in [2.75, 3.05) is 56.2 Å². The molecule has 2 atom stereocenters. The highest BCUT2D eigenvalue weighted by Crippen LogP contribution is 2.34. The van der Waals surface area contributed by atoms with Crippen LogP contribution in [0.1, 0.15) is 30.5 Å². The molecule has 6 rings (SSSR count). The van der Waals surface area contributed by atoms with Gasteiger partial charge in [-0.25, -0.2) is 4.79 Å². The lowest BCUT2D eigenvalue weighted by molar-refractivity contribution is 0.119. The molecule has 11 heteroatoms. The van der Waals surface area contributed by atoms with E-state index in [-0.39, 0.29) is 6.42 Å². The summed E-state index contributed by atoms with van der Waals surface area (Å²) in [4.78, 5) is 34.3. The molecule has 2 fully saturated rings. The van der Waals surface area contributed by atoms with E-state index in [1.54, 1.807) is 0 Å². The monoisotopic (exact) mass is 542 g/mol. The van der Waals surface area contributed by atoms with E-state index in [1.807, 2.05) is 24.4 Å². The van der Waals surface area contributed by atoms with E-state index in [0.717, 1.165) is 66.0 Å². The number of rotatable bonds is 6. The summed E-state index contributed by atoms with van der Waals surface area (Å²) < 4.78 is 6.23. The number of aromatic nitrogens is 3. The molecule has 0 aliphatic carbocycles. The summed E-state index contributed by atoms with van der Waals surface area (Å²) in [6, 6.07) is 12.6. The van der Waals surface area contributed by atoms with Crippen molar-refractivity contribution in [1.82, 2.24) is 24.8 Å².